The molecule has 23 heavy (non-hydrogen) atoms. The number of rotatable bonds is 7. The summed E-state index contributed by atoms with van der Waals surface area (Å²) in [5.74, 6) is 2.00. The molecule has 2 heterocycles. The molecule has 0 unspecified atom stereocenters. The largest absolute Gasteiger partial charge is 0.361 e. The third-order valence-electron chi connectivity index (χ3n) is 3.47. The van der Waals surface area contributed by atoms with Crippen LogP contribution in [0, 0.1) is 0 Å². The van der Waals surface area contributed by atoms with Gasteiger partial charge in [-0.2, -0.15) is 11.8 Å². The Morgan fingerprint density at radius 2 is 2.13 bits per heavy atom. The Labute approximate surface area is 152 Å². The number of hydrogen-bond acceptors (Lipinski definition) is 3. The highest BCUT2D eigenvalue weighted by atomic mass is 79.9. The van der Waals surface area contributed by atoms with Gasteiger partial charge in [-0.25, -0.2) is 0 Å². The van der Waals surface area contributed by atoms with E-state index in [0.717, 1.165) is 28.0 Å². The number of amides is 1. The predicted molar refractivity (Wildman–Crippen MR) is 103 cm³/mol. The van der Waals surface area contributed by atoms with E-state index >= 15 is 0 Å². The molecule has 6 heteroatoms. The molecular formula is C17H17BrN2OS2. The van der Waals surface area contributed by atoms with Crippen LogP contribution in [0.1, 0.15) is 10.4 Å². The number of carbonyl (C=O) groups excluding carboxylic acids is 1. The number of aromatic amines is 1. The van der Waals surface area contributed by atoms with E-state index in [4.69, 9.17) is 0 Å². The van der Waals surface area contributed by atoms with Gasteiger partial charge in [-0.05, 0) is 39.7 Å². The van der Waals surface area contributed by atoms with Crippen LogP contribution in [0.2, 0.25) is 0 Å². The van der Waals surface area contributed by atoms with Gasteiger partial charge in [0, 0.05) is 40.0 Å². The topological polar surface area (TPSA) is 44.9 Å². The summed E-state index contributed by atoms with van der Waals surface area (Å²) in [6, 6.07) is 12.3. The first-order valence-electron chi connectivity index (χ1n) is 7.36. The normalized spacial score (nSPS) is 11.0. The van der Waals surface area contributed by atoms with Crippen molar-refractivity contribution in [1.29, 1.82) is 0 Å². The number of H-pyrrole nitrogens is 1. The molecule has 0 saturated carbocycles. The van der Waals surface area contributed by atoms with Crippen molar-refractivity contribution in [2.45, 2.75) is 12.2 Å². The maximum Gasteiger partial charge on any atom is 0.224 e. The van der Waals surface area contributed by atoms with E-state index in [9.17, 15) is 4.79 Å². The van der Waals surface area contributed by atoms with Gasteiger partial charge in [0.25, 0.3) is 0 Å². The molecule has 120 valence electrons. The first-order valence-corrected chi connectivity index (χ1v) is 10.1. The third kappa shape index (κ3) is 4.62. The van der Waals surface area contributed by atoms with Crippen LogP contribution in [0.5, 0.6) is 0 Å². The molecule has 0 spiro atoms. The lowest BCUT2D eigenvalue weighted by molar-refractivity contribution is -0.120. The van der Waals surface area contributed by atoms with Crippen molar-refractivity contribution in [3.63, 3.8) is 0 Å². The molecule has 2 N–H and O–H groups in total. The molecule has 0 aliphatic carbocycles. The maximum absolute atomic E-state index is 12.1. The molecule has 3 nitrogen and oxygen atoms in total. The van der Waals surface area contributed by atoms with E-state index in [1.54, 1.807) is 11.3 Å². The van der Waals surface area contributed by atoms with Gasteiger partial charge in [0.05, 0.1) is 10.2 Å². The number of fused-ring (bicyclic) bond motifs is 1. The Morgan fingerprint density at radius 1 is 1.26 bits per heavy atom. The lowest BCUT2D eigenvalue weighted by Crippen LogP contribution is -2.27. The van der Waals surface area contributed by atoms with Crippen molar-refractivity contribution in [2.24, 2.45) is 0 Å². The summed E-state index contributed by atoms with van der Waals surface area (Å²) in [6.45, 7) is 0.707. The van der Waals surface area contributed by atoms with Gasteiger partial charge < -0.3 is 10.3 Å². The van der Waals surface area contributed by atoms with Gasteiger partial charge in [0.2, 0.25) is 5.91 Å². The molecule has 0 saturated heterocycles. The van der Waals surface area contributed by atoms with E-state index < -0.39 is 0 Å². The summed E-state index contributed by atoms with van der Waals surface area (Å²) in [5, 5.41) is 4.12. The van der Waals surface area contributed by atoms with Crippen LogP contribution >= 0.6 is 39.0 Å². The molecule has 0 bridgehead atoms. The third-order valence-corrected chi connectivity index (χ3v) is 6.28. The molecule has 3 rings (SSSR count). The van der Waals surface area contributed by atoms with Crippen LogP contribution in [-0.2, 0) is 17.0 Å². The first kappa shape index (κ1) is 16.6. The Bertz CT molecular complexity index is 797. The Morgan fingerprint density at radius 3 is 2.96 bits per heavy atom. The fraction of sp³-hybridized carbons (Fsp3) is 0.235. The lowest BCUT2D eigenvalue weighted by Gasteiger charge is -2.04. The summed E-state index contributed by atoms with van der Waals surface area (Å²) < 4.78 is 1.17. The van der Waals surface area contributed by atoms with Gasteiger partial charge in [0.1, 0.15) is 0 Å². The molecule has 0 aliphatic rings. The van der Waals surface area contributed by atoms with Crippen LogP contribution in [0.15, 0.2) is 46.4 Å². The molecule has 0 aliphatic heterocycles. The van der Waals surface area contributed by atoms with Crippen LogP contribution in [0.4, 0.5) is 0 Å². The summed E-state index contributed by atoms with van der Waals surface area (Å²) in [7, 11) is 0. The van der Waals surface area contributed by atoms with E-state index in [2.05, 4.69) is 38.4 Å². The number of aromatic nitrogens is 1. The SMILES string of the molecule is O=C(Cc1c[nH]c2ccccc12)NCCSCc1ccc(Br)s1. The molecule has 1 amide bonds. The highest BCUT2D eigenvalue weighted by Gasteiger charge is 2.08. The summed E-state index contributed by atoms with van der Waals surface area (Å²) in [5.41, 5.74) is 2.13. The minimum atomic E-state index is 0.0780. The van der Waals surface area contributed by atoms with Crippen molar-refractivity contribution >= 4 is 55.8 Å². The number of thioether (sulfide) groups is 1. The smallest absolute Gasteiger partial charge is 0.224 e. The average molecular weight is 409 g/mol. The highest BCUT2D eigenvalue weighted by molar-refractivity contribution is 9.11. The van der Waals surface area contributed by atoms with E-state index in [1.807, 2.05) is 42.2 Å². The summed E-state index contributed by atoms with van der Waals surface area (Å²) in [6.07, 6.45) is 2.35. The van der Waals surface area contributed by atoms with Gasteiger partial charge in [-0.3, -0.25) is 4.79 Å². The van der Waals surface area contributed by atoms with Gasteiger partial charge in [-0.1, -0.05) is 18.2 Å². The van der Waals surface area contributed by atoms with Gasteiger partial charge in [-0.15, -0.1) is 11.3 Å². The van der Waals surface area contributed by atoms with Crippen molar-refractivity contribution in [3.05, 3.63) is 56.8 Å². The molecule has 2 aromatic heterocycles. The zero-order valence-corrected chi connectivity index (χ0v) is 15.7. The molecule has 0 fully saturated rings. The van der Waals surface area contributed by atoms with Gasteiger partial charge >= 0.3 is 0 Å². The monoisotopic (exact) mass is 408 g/mol. The van der Waals surface area contributed by atoms with Gasteiger partial charge in [0.15, 0.2) is 0 Å². The minimum Gasteiger partial charge on any atom is -0.361 e. The minimum absolute atomic E-state index is 0.0780. The van der Waals surface area contributed by atoms with E-state index in [1.165, 1.54) is 8.66 Å². The number of hydrogen-bond donors (Lipinski definition) is 2. The van der Waals surface area contributed by atoms with Crippen molar-refractivity contribution < 1.29 is 4.79 Å². The fourth-order valence-corrected chi connectivity index (χ4v) is 4.83. The average Bonchev–Trinajstić information content (AvgIpc) is 3.14. The van der Waals surface area contributed by atoms with Crippen molar-refractivity contribution in [1.82, 2.24) is 10.3 Å². The molecular weight excluding hydrogens is 392 g/mol. The predicted octanol–water partition coefficient (Wildman–Crippen LogP) is 4.58. The maximum atomic E-state index is 12.1. The lowest BCUT2D eigenvalue weighted by atomic mass is 10.1. The van der Waals surface area contributed by atoms with Crippen LogP contribution in [0.3, 0.4) is 0 Å². The Kier molecular flexibility index (Phi) is 5.80. The highest BCUT2D eigenvalue weighted by Crippen LogP contribution is 2.25. The van der Waals surface area contributed by atoms with E-state index in [0.29, 0.717) is 13.0 Å². The van der Waals surface area contributed by atoms with Crippen molar-refractivity contribution in [2.75, 3.05) is 12.3 Å². The number of benzene rings is 1. The van der Waals surface area contributed by atoms with Crippen LogP contribution in [-0.4, -0.2) is 23.2 Å². The Balaban J connectivity index is 1.40. The number of halogens is 1. The molecule has 0 radical (unpaired) electrons. The van der Waals surface area contributed by atoms with E-state index in [-0.39, 0.29) is 5.91 Å². The zero-order chi connectivity index (χ0) is 16.1. The number of para-hydroxylation sites is 1. The second-order valence-corrected chi connectivity index (χ2v) is 8.80. The zero-order valence-electron chi connectivity index (χ0n) is 12.5. The quantitative estimate of drug-likeness (QED) is 0.561. The summed E-state index contributed by atoms with van der Waals surface area (Å²) >= 11 is 7.07. The molecule has 0 atom stereocenters. The van der Waals surface area contributed by atoms with Crippen LogP contribution in [0.25, 0.3) is 10.9 Å². The Hall–Kier alpha value is -1.24. The summed E-state index contributed by atoms with van der Waals surface area (Å²) in [4.78, 5) is 16.6. The standard InChI is InChI=1S/C17H17BrN2OS2/c18-16-6-5-13(23-16)11-22-8-7-19-17(21)9-12-10-20-15-4-2-1-3-14(12)15/h1-6,10,20H,7-9,11H2,(H,19,21). The first-order chi connectivity index (χ1) is 11.2. The van der Waals surface area contributed by atoms with Crippen LogP contribution < -0.4 is 5.32 Å². The number of nitrogens with one attached hydrogen (secondary N) is 2. The number of thiophene rings is 1. The number of carbonyl (C=O) groups is 1. The van der Waals surface area contributed by atoms with Crippen molar-refractivity contribution in [3.8, 4) is 0 Å². The molecule has 1 aromatic carbocycles. The fourth-order valence-electron chi connectivity index (χ4n) is 2.38. The second kappa shape index (κ2) is 8.04. The molecule has 3 aromatic rings. The second-order valence-electron chi connectivity index (χ2n) is 5.14.